The molecule has 0 heterocycles. The molecule has 68 valence electrons. The summed E-state index contributed by atoms with van der Waals surface area (Å²) in [5.74, 6) is -0.660. The minimum Gasteiger partial charge on any atom is -0.507 e. The Balaban J connectivity index is 3.13. The number of aliphatic hydroxyl groups is 1. The number of benzene rings is 1. The van der Waals surface area contributed by atoms with Crippen LogP contribution in [0.15, 0.2) is 18.2 Å². The van der Waals surface area contributed by atoms with Gasteiger partial charge in [0.1, 0.15) is 12.4 Å². The minimum absolute atomic E-state index is 0.0410. The zero-order valence-corrected chi connectivity index (χ0v) is 6.73. The van der Waals surface area contributed by atoms with Crippen LogP contribution in [0.25, 0.3) is 0 Å². The lowest BCUT2D eigenvalue weighted by Gasteiger charge is -2.00. The Morgan fingerprint density at radius 3 is 2.69 bits per heavy atom. The molecule has 1 rings (SSSR count). The third-order valence-corrected chi connectivity index (χ3v) is 1.62. The van der Waals surface area contributed by atoms with Gasteiger partial charge in [0.05, 0.1) is 5.56 Å². The van der Waals surface area contributed by atoms with Crippen molar-refractivity contribution in [2.24, 2.45) is 0 Å². The maximum Gasteiger partial charge on any atom is 0.188 e. The molecule has 4 nitrogen and oxygen atoms in total. The Hall–Kier alpha value is -1.68. The Bertz CT molecular complexity index is 343. The van der Waals surface area contributed by atoms with E-state index in [4.69, 9.17) is 10.2 Å². The van der Waals surface area contributed by atoms with Crippen LogP contribution in [0.2, 0.25) is 0 Å². The fourth-order valence-electron chi connectivity index (χ4n) is 0.914. The molecule has 4 heteroatoms. The predicted molar refractivity (Wildman–Crippen MR) is 44.9 cm³/mol. The van der Waals surface area contributed by atoms with Gasteiger partial charge in [-0.25, -0.2) is 0 Å². The van der Waals surface area contributed by atoms with Crippen LogP contribution in [-0.2, 0) is 0 Å². The normalized spacial score (nSPS) is 9.62. The number of hydrogen-bond acceptors (Lipinski definition) is 4. The van der Waals surface area contributed by atoms with Crippen molar-refractivity contribution < 1.29 is 19.8 Å². The summed E-state index contributed by atoms with van der Waals surface area (Å²) >= 11 is 0. The van der Waals surface area contributed by atoms with Crippen molar-refractivity contribution in [3.63, 3.8) is 0 Å². The summed E-state index contributed by atoms with van der Waals surface area (Å²) in [6.07, 6.45) is 0.448. The van der Waals surface area contributed by atoms with E-state index in [1.807, 2.05) is 0 Å². The molecule has 2 N–H and O–H groups in total. The number of carbonyl (C=O) groups is 2. The van der Waals surface area contributed by atoms with E-state index in [0.29, 0.717) is 6.29 Å². The monoisotopic (exact) mass is 180 g/mol. The van der Waals surface area contributed by atoms with Crippen LogP contribution in [0.5, 0.6) is 5.75 Å². The van der Waals surface area contributed by atoms with Crippen LogP contribution < -0.4 is 0 Å². The van der Waals surface area contributed by atoms with Crippen molar-refractivity contribution in [1.82, 2.24) is 0 Å². The van der Waals surface area contributed by atoms with Crippen molar-refractivity contribution >= 4 is 12.1 Å². The molecule has 0 aliphatic heterocycles. The second-order valence-corrected chi connectivity index (χ2v) is 2.47. The standard InChI is InChI=1S/C9H8O4/c10-4-7-3-6(9(13)5-11)1-2-8(7)12/h1-4,11-12H,5H2. The Labute approximate surface area is 74.4 Å². The van der Waals surface area contributed by atoms with Gasteiger partial charge in [-0.1, -0.05) is 0 Å². The van der Waals surface area contributed by atoms with Gasteiger partial charge >= 0.3 is 0 Å². The highest BCUT2D eigenvalue weighted by molar-refractivity contribution is 5.98. The number of phenolic OH excluding ortho intramolecular Hbond substituents is 1. The molecule has 0 bridgehead atoms. The molecule has 1 aromatic carbocycles. The first kappa shape index (κ1) is 9.41. The van der Waals surface area contributed by atoms with E-state index >= 15 is 0 Å². The molecule has 0 aliphatic carbocycles. The summed E-state index contributed by atoms with van der Waals surface area (Å²) in [4.78, 5) is 21.3. The maximum atomic E-state index is 10.9. The largest absolute Gasteiger partial charge is 0.507 e. The van der Waals surface area contributed by atoms with E-state index in [-0.39, 0.29) is 16.9 Å². The van der Waals surface area contributed by atoms with Gasteiger partial charge in [-0.15, -0.1) is 0 Å². The van der Waals surface area contributed by atoms with E-state index in [1.165, 1.54) is 18.2 Å². The molecule has 0 radical (unpaired) electrons. The molecule has 13 heavy (non-hydrogen) atoms. The lowest BCUT2D eigenvalue weighted by Crippen LogP contribution is -2.04. The molecular weight excluding hydrogens is 172 g/mol. The molecule has 0 amide bonds. The molecule has 0 unspecified atom stereocenters. The summed E-state index contributed by atoms with van der Waals surface area (Å²) in [6.45, 7) is -0.608. The lowest BCUT2D eigenvalue weighted by atomic mass is 10.1. The highest BCUT2D eigenvalue weighted by Crippen LogP contribution is 2.16. The number of Topliss-reactive ketones (excluding diaryl/α,β-unsaturated/α-hetero) is 1. The van der Waals surface area contributed by atoms with Gasteiger partial charge in [0.2, 0.25) is 0 Å². The molecule has 0 aromatic heterocycles. The highest BCUT2D eigenvalue weighted by atomic mass is 16.3. The van der Waals surface area contributed by atoms with Gasteiger partial charge in [-0.3, -0.25) is 9.59 Å². The van der Waals surface area contributed by atoms with E-state index in [1.54, 1.807) is 0 Å². The quantitative estimate of drug-likeness (QED) is 0.521. The summed E-state index contributed by atoms with van der Waals surface area (Å²) < 4.78 is 0. The first-order valence-electron chi connectivity index (χ1n) is 3.61. The Morgan fingerprint density at radius 2 is 2.15 bits per heavy atom. The number of hydrogen-bond donors (Lipinski definition) is 2. The smallest absolute Gasteiger partial charge is 0.188 e. The molecule has 0 saturated carbocycles. The number of aromatic hydroxyl groups is 1. The van der Waals surface area contributed by atoms with E-state index in [0.717, 1.165) is 0 Å². The van der Waals surface area contributed by atoms with E-state index in [9.17, 15) is 9.59 Å². The van der Waals surface area contributed by atoms with Crippen molar-refractivity contribution in [3.05, 3.63) is 29.3 Å². The topological polar surface area (TPSA) is 74.6 Å². The molecule has 0 atom stereocenters. The fraction of sp³-hybridized carbons (Fsp3) is 0.111. The van der Waals surface area contributed by atoms with Crippen LogP contribution in [0.4, 0.5) is 0 Å². The van der Waals surface area contributed by atoms with Gasteiger partial charge in [0.25, 0.3) is 0 Å². The lowest BCUT2D eigenvalue weighted by molar-refractivity contribution is 0.0903. The molecule has 0 aliphatic rings. The fourth-order valence-corrected chi connectivity index (χ4v) is 0.914. The van der Waals surface area contributed by atoms with Crippen LogP contribution in [0.1, 0.15) is 20.7 Å². The van der Waals surface area contributed by atoms with Crippen LogP contribution >= 0.6 is 0 Å². The van der Waals surface area contributed by atoms with Crippen molar-refractivity contribution in [2.45, 2.75) is 0 Å². The van der Waals surface area contributed by atoms with Crippen LogP contribution in [-0.4, -0.2) is 28.9 Å². The first-order chi connectivity index (χ1) is 6.19. The van der Waals surface area contributed by atoms with Crippen molar-refractivity contribution in [3.8, 4) is 5.75 Å². The van der Waals surface area contributed by atoms with Gasteiger partial charge in [0.15, 0.2) is 12.1 Å². The predicted octanol–water partition coefficient (Wildman–Crippen LogP) is 0.380. The first-order valence-corrected chi connectivity index (χ1v) is 3.61. The molecule has 0 saturated heterocycles. The van der Waals surface area contributed by atoms with Gasteiger partial charge in [0, 0.05) is 5.56 Å². The number of phenols is 1. The number of aldehydes is 1. The number of ketones is 1. The van der Waals surface area contributed by atoms with Crippen molar-refractivity contribution in [1.29, 1.82) is 0 Å². The third-order valence-electron chi connectivity index (χ3n) is 1.62. The average molecular weight is 180 g/mol. The zero-order chi connectivity index (χ0) is 9.84. The number of aliphatic hydroxyl groups excluding tert-OH is 1. The number of rotatable bonds is 3. The second kappa shape index (κ2) is 3.82. The Morgan fingerprint density at radius 1 is 1.46 bits per heavy atom. The van der Waals surface area contributed by atoms with Gasteiger partial charge in [-0.05, 0) is 18.2 Å². The summed E-state index contributed by atoms with van der Waals surface area (Å²) in [5, 5.41) is 17.6. The highest BCUT2D eigenvalue weighted by Gasteiger charge is 2.07. The average Bonchev–Trinajstić information content (AvgIpc) is 2.17. The Kier molecular flexibility index (Phi) is 2.76. The summed E-state index contributed by atoms with van der Waals surface area (Å²) in [5.41, 5.74) is 0.252. The van der Waals surface area contributed by atoms with Crippen LogP contribution in [0.3, 0.4) is 0 Å². The molecule has 0 spiro atoms. The maximum absolute atomic E-state index is 10.9. The van der Waals surface area contributed by atoms with Gasteiger partial charge in [-0.2, -0.15) is 0 Å². The van der Waals surface area contributed by atoms with E-state index in [2.05, 4.69) is 0 Å². The van der Waals surface area contributed by atoms with E-state index < -0.39 is 12.4 Å². The molecule has 1 aromatic rings. The zero-order valence-electron chi connectivity index (χ0n) is 6.73. The van der Waals surface area contributed by atoms with Gasteiger partial charge < -0.3 is 10.2 Å². The minimum atomic E-state index is -0.608. The third kappa shape index (κ3) is 1.91. The molecule has 0 fully saturated rings. The summed E-state index contributed by atoms with van der Waals surface area (Å²) in [6, 6.07) is 3.83. The van der Waals surface area contributed by atoms with Crippen molar-refractivity contribution in [2.75, 3.05) is 6.61 Å². The second-order valence-electron chi connectivity index (χ2n) is 2.47. The van der Waals surface area contributed by atoms with Crippen LogP contribution in [0, 0.1) is 0 Å². The SMILES string of the molecule is O=Cc1cc(C(=O)CO)ccc1O. The summed E-state index contributed by atoms with van der Waals surface area (Å²) in [7, 11) is 0. The molecular formula is C9H8O4. The number of carbonyl (C=O) groups excluding carboxylic acids is 2.